The monoisotopic (exact) mass is 285 g/mol. The molecule has 0 saturated carbocycles. The lowest BCUT2D eigenvalue weighted by Crippen LogP contribution is -2.13. The molecule has 0 aliphatic carbocycles. The van der Waals surface area contributed by atoms with Gasteiger partial charge in [0.05, 0.1) is 27.9 Å². The van der Waals surface area contributed by atoms with E-state index in [9.17, 15) is 9.59 Å². The molecule has 4 nitrogen and oxygen atoms in total. The smallest absolute Gasteiger partial charge is 0.332 e. The highest BCUT2D eigenvalue weighted by atomic mass is 35.5. The van der Waals surface area contributed by atoms with Crippen molar-refractivity contribution in [2.24, 2.45) is 0 Å². The Kier molecular flexibility index (Phi) is 3.59. The molecule has 1 aliphatic heterocycles. The minimum Gasteiger partial charge on any atom is -0.463 e. The molecule has 2 rings (SSSR count). The second-order valence-corrected chi connectivity index (χ2v) is 4.39. The summed E-state index contributed by atoms with van der Waals surface area (Å²) < 4.78 is 4.78. The van der Waals surface area contributed by atoms with Crippen LogP contribution in [0.15, 0.2) is 18.2 Å². The highest BCUT2D eigenvalue weighted by Crippen LogP contribution is 2.32. The third-order valence-electron chi connectivity index (χ3n) is 2.39. The first-order valence-electron chi connectivity index (χ1n) is 5.22. The molecular weight excluding hydrogens is 277 g/mol. The molecule has 0 radical (unpaired) electrons. The van der Waals surface area contributed by atoms with Crippen LogP contribution < -0.4 is 5.32 Å². The van der Waals surface area contributed by atoms with Crippen molar-refractivity contribution in [1.29, 1.82) is 0 Å². The molecule has 1 N–H and O–H groups in total. The van der Waals surface area contributed by atoms with Crippen LogP contribution in [0, 0.1) is 0 Å². The number of carbonyl (C=O) groups is 2. The number of ether oxygens (including phenoxy) is 1. The highest BCUT2D eigenvalue weighted by Gasteiger charge is 2.25. The minimum atomic E-state index is -0.522. The van der Waals surface area contributed by atoms with Gasteiger partial charge in [-0.2, -0.15) is 0 Å². The second kappa shape index (κ2) is 5.00. The number of rotatable bonds is 2. The van der Waals surface area contributed by atoms with Gasteiger partial charge in [0.25, 0.3) is 5.91 Å². The maximum atomic E-state index is 11.7. The maximum absolute atomic E-state index is 11.7. The zero-order valence-corrected chi connectivity index (χ0v) is 10.9. The summed E-state index contributed by atoms with van der Waals surface area (Å²) in [7, 11) is 0. The highest BCUT2D eigenvalue weighted by molar-refractivity contribution is 6.42. The predicted octanol–water partition coefficient (Wildman–Crippen LogP) is 2.64. The lowest BCUT2D eigenvalue weighted by atomic mass is 10.1. The van der Waals surface area contributed by atoms with Crippen molar-refractivity contribution in [3.05, 3.63) is 39.4 Å². The van der Waals surface area contributed by atoms with Crippen molar-refractivity contribution < 1.29 is 14.3 Å². The van der Waals surface area contributed by atoms with Gasteiger partial charge in [-0.15, -0.1) is 0 Å². The molecule has 6 heteroatoms. The molecule has 0 unspecified atom stereocenters. The molecule has 0 aromatic heterocycles. The molecule has 94 valence electrons. The van der Waals surface area contributed by atoms with E-state index in [2.05, 4.69) is 5.32 Å². The van der Waals surface area contributed by atoms with Crippen molar-refractivity contribution in [2.45, 2.75) is 6.92 Å². The van der Waals surface area contributed by atoms with Gasteiger partial charge in [0.15, 0.2) is 0 Å². The first kappa shape index (κ1) is 12.9. The van der Waals surface area contributed by atoms with E-state index in [-0.39, 0.29) is 12.5 Å². The van der Waals surface area contributed by atoms with Crippen molar-refractivity contribution in [3.63, 3.8) is 0 Å². The summed E-state index contributed by atoms with van der Waals surface area (Å²) >= 11 is 11.7. The van der Waals surface area contributed by atoms with Gasteiger partial charge >= 0.3 is 5.97 Å². The SMILES string of the molecule is CCOC(=O)/C=C1\NC(=O)c2cc(Cl)c(Cl)cc21. The van der Waals surface area contributed by atoms with E-state index < -0.39 is 5.97 Å². The number of hydrogen-bond acceptors (Lipinski definition) is 3. The van der Waals surface area contributed by atoms with Gasteiger partial charge in [0.1, 0.15) is 0 Å². The van der Waals surface area contributed by atoms with E-state index in [1.165, 1.54) is 12.1 Å². The van der Waals surface area contributed by atoms with E-state index in [4.69, 9.17) is 27.9 Å². The van der Waals surface area contributed by atoms with E-state index >= 15 is 0 Å². The van der Waals surface area contributed by atoms with Crippen molar-refractivity contribution in [1.82, 2.24) is 5.32 Å². The van der Waals surface area contributed by atoms with Gasteiger partial charge < -0.3 is 10.1 Å². The molecule has 0 bridgehead atoms. The number of hydrogen-bond donors (Lipinski definition) is 1. The normalized spacial score (nSPS) is 15.5. The Labute approximate surface area is 114 Å². The molecule has 0 fully saturated rings. The third-order valence-corrected chi connectivity index (χ3v) is 3.11. The molecular formula is C12H9Cl2NO3. The van der Waals surface area contributed by atoms with Crippen LogP contribution in [0.2, 0.25) is 10.0 Å². The van der Waals surface area contributed by atoms with Gasteiger partial charge in [0.2, 0.25) is 0 Å². The van der Waals surface area contributed by atoms with Gasteiger partial charge in [-0.05, 0) is 19.1 Å². The molecule has 1 aromatic carbocycles. The number of amides is 1. The Balaban J connectivity index is 2.44. The Morgan fingerprint density at radius 1 is 1.33 bits per heavy atom. The van der Waals surface area contributed by atoms with Crippen LogP contribution in [0.3, 0.4) is 0 Å². The van der Waals surface area contributed by atoms with Crippen LogP contribution >= 0.6 is 23.2 Å². The summed E-state index contributed by atoms with van der Waals surface area (Å²) in [6, 6.07) is 3.02. The Bertz CT molecular complexity index is 567. The number of nitrogens with one attached hydrogen (secondary N) is 1. The van der Waals surface area contributed by atoms with E-state index in [0.29, 0.717) is 26.9 Å². The minimum absolute atomic E-state index is 0.269. The fourth-order valence-electron chi connectivity index (χ4n) is 1.63. The van der Waals surface area contributed by atoms with Crippen LogP contribution in [0.4, 0.5) is 0 Å². The number of esters is 1. The number of halogens is 2. The standard InChI is InChI=1S/C12H9Cl2NO3/c1-2-18-11(16)5-10-6-3-8(13)9(14)4-7(6)12(17)15-10/h3-5H,2H2,1H3,(H,15,17)/b10-5-. The fraction of sp³-hybridized carbons (Fsp3) is 0.167. The van der Waals surface area contributed by atoms with Crippen molar-refractivity contribution in [2.75, 3.05) is 6.61 Å². The molecule has 0 atom stereocenters. The Morgan fingerprint density at radius 2 is 1.94 bits per heavy atom. The lowest BCUT2D eigenvalue weighted by Gasteiger charge is -2.02. The maximum Gasteiger partial charge on any atom is 0.332 e. The number of benzene rings is 1. The average Bonchev–Trinajstić information content (AvgIpc) is 2.57. The molecule has 1 aliphatic rings. The summed E-state index contributed by atoms with van der Waals surface area (Å²) in [4.78, 5) is 23.0. The summed E-state index contributed by atoms with van der Waals surface area (Å²) in [6.45, 7) is 1.97. The van der Waals surface area contributed by atoms with Crippen LogP contribution in [-0.2, 0) is 9.53 Å². The van der Waals surface area contributed by atoms with Crippen LogP contribution in [-0.4, -0.2) is 18.5 Å². The second-order valence-electron chi connectivity index (χ2n) is 3.58. The summed E-state index contributed by atoms with van der Waals surface area (Å²) in [5.74, 6) is -0.842. The molecule has 1 aromatic rings. The largest absolute Gasteiger partial charge is 0.463 e. The summed E-state index contributed by atoms with van der Waals surface area (Å²) in [6.07, 6.45) is 1.22. The molecule has 0 saturated heterocycles. The van der Waals surface area contributed by atoms with Crippen LogP contribution in [0.25, 0.3) is 5.70 Å². The quantitative estimate of drug-likeness (QED) is 0.671. The molecule has 18 heavy (non-hydrogen) atoms. The van der Waals surface area contributed by atoms with E-state index in [1.54, 1.807) is 13.0 Å². The van der Waals surface area contributed by atoms with Gasteiger partial charge in [0, 0.05) is 11.6 Å². The predicted molar refractivity (Wildman–Crippen MR) is 68.5 cm³/mol. The van der Waals surface area contributed by atoms with Gasteiger partial charge in [-0.1, -0.05) is 23.2 Å². The molecule has 0 spiro atoms. The van der Waals surface area contributed by atoms with Crippen LogP contribution in [0.1, 0.15) is 22.8 Å². The Morgan fingerprint density at radius 3 is 2.56 bits per heavy atom. The summed E-state index contributed by atoms with van der Waals surface area (Å²) in [5, 5.41) is 3.18. The average molecular weight is 286 g/mol. The number of carbonyl (C=O) groups excluding carboxylic acids is 2. The van der Waals surface area contributed by atoms with Crippen LogP contribution in [0.5, 0.6) is 0 Å². The van der Waals surface area contributed by atoms with Gasteiger partial charge in [-0.3, -0.25) is 4.79 Å². The van der Waals surface area contributed by atoms with E-state index in [0.717, 1.165) is 0 Å². The first-order chi connectivity index (χ1) is 8.52. The first-order valence-corrected chi connectivity index (χ1v) is 5.97. The van der Waals surface area contributed by atoms with Crippen molar-refractivity contribution in [3.8, 4) is 0 Å². The molecule has 1 heterocycles. The summed E-state index contributed by atoms with van der Waals surface area (Å²) in [5.41, 5.74) is 1.30. The zero-order valence-electron chi connectivity index (χ0n) is 9.42. The molecule has 1 amide bonds. The van der Waals surface area contributed by atoms with Gasteiger partial charge in [-0.25, -0.2) is 4.79 Å². The van der Waals surface area contributed by atoms with Crippen molar-refractivity contribution >= 4 is 40.8 Å². The third kappa shape index (κ3) is 2.35. The van der Waals surface area contributed by atoms with E-state index in [1.807, 2.05) is 0 Å². The number of fused-ring (bicyclic) bond motifs is 1. The fourth-order valence-corrected chi connectivity index (χ4v) is 1.96. The zero-order chi connectivity index (χ0) is 13.3. The topological polar surface area (TPSA) is 55.4 Å². The Hall–Kier alpha value is -1.52. The lowest BCUT2D eigenvalue weighted by molar-refractivity contribution is -0.137.